The summed E-state index contributed by atoms with van der Waals surface area (Å²) in [6.07, 6.45) is 4.81. The Morgan fingerprint density at radius 3 is 1.49 bits per heavy atom. The number of nitrogens with one attached hydrogen (secondary N) is 1. The minimum atomic E-state index is -3.66. The second-order valence-electron chi connectivity index (χ2n) is 15.6. The first-order valence-corrected chi connectivity index (χ1v) is 22.5. The van der Waals surface area contributed by atoms with Gasteiger partial charge in [-0.15, -0.1) is 0 Å². The highest BCUT2D eigenvalue weighted by molar-refractivity contribution is 7.87. The van der Waals surface area contributed by atoms with Crippen LogP contribution in [0.25, 0.3) is 0 Å². The van der Waals surface area contributed by atoms with Gasteiger partial charge in [0.05, 0.1) is 35.8 Å². The maximum Gasteiger partial charge on any atom is 0.326 e. The molecule has 0 radical (unpaired) electrons. The van der Waals surface area contributed by atoms with Crippen molar-refractivity contribution in [3.63, 3.8) is 0 Å². The van der Waals surface area contributed by atoms with E-state index in [-0.39, 0.29) is 83.7 Å². The highest BCUT2D eigenvalue weighted by atomic mass is 32.2. The molecule has 0 bridgehead atoms. The van der Waals surface area contributed by atoms with Gasteiger partial charge in [-0.05, 0) is 56.9 Å². The lowest BCUT2D eigenvalue weighted by atomic mass is 9.97. The zero-order valence-corrected chi connectivity index (χ0v) is 33.5. The molecule has 20 heteroatoms. The SMILES string of the molecule is C.C.N#CC1CN(S(=O)(=O)N2CCC[C@H](C(=O)N3CCC[C@@H]3C(=O)NCc3ccccc3)C2)C1.N#CC1CN(S(=O)(=O)N2CCC[C@H](C(=O)N3CCC[C@@H]3C(=O)O)C2)C1. The van der Waals surface area contributed by atoms with E-state index in [1.807, 2.05) is 36.4 Å². The first-order valence-electron chi connectivity index (χ1n) is 19.7. The first kappa shape index (κ1) is 47.5. The summed E-state index contributed by atoms with van der Waals surface area (Å²) < 4.78 is 56.2. The van der Waals surface area contributed by atoms with Crippen LogP contribution in [0.4, 0.5) is 0 Å². The topological polar surface area (TPSA) is 236 Å². The van der Waals surface area contributed by atoms with Crippen molar-refractivity contribution in [2.45, 2.75) is 84.8 Å². The minimum Gasteiger partial charge on any atom is -0.480 e. The van der Waals surface area contributed by atoms with Crippen molar-refractivity contribution in [2.24, 2.45) is 23.7 Å². The van der Waals surface area contributed by atoms with Gasteiger partial charge in [0.2, 0.25) is 17.7 Å². The third-order valence-electron chi connectivity index (χ3n) is 11.8. The van der Waals surface area contributed by atoms with Gasteiger partial charge in [-0.2, -0.15) is 44.6 Å². The van der Waals surface area contributed by atoms with Crippen molar-refractivity contribution >= 4 is 44.1 Å². The number of aliphatic carboxylic acids is 1. The standard InChI is InChI=1S/C22H29N5O4S.C15H22N4O5S.2CH4/c23-12-18-14-26(15-18)32(30,31)25-10-4-8-19(16-25)22(29)27-11-5-9-20(27)21(28)24-13-17-6-2-1-3-7-17;16-7-11-8-18(9-11)25(23,24)17-5-1-3-12(10-17)14(20)19-6-2-4-13(19)15(21)22;;/h1-3,6-7,18-20H,4-5,8-11,13-16H2,(H,24,28);11-13H,1-6,8-10H2,(H,21,22);2*1H4/t19-,20+;12-,13+;;/m00../s1. The van der Waals surface area contributed by atoms with Gasteiger partial charge in [-0.25, -0.2) is 4.79 Å². The Bertz CT molecular complexity index is 1960. The fraction of sp³-hybridized carbons (Fsp3) is 0.692. The molecule has 3 amide bonds. The molecular weight excluding hydrogens is 803 g/mol. The molecule has 326 valence electrons. The molecule has 7 rings (SSSR count). The van der Waals surface area contributed by atoms with Crippen LogP contribution in [0.5, 0.6) is 0 Å². The number of carbonyl (C=O) groups is 4. The van der Waals surface area contributed by atoms with Crippen molar-refractivity contribution in [3.8, 4) is 12.1 Å². The number of nitriles is 2. The quantitative estimate of drug-likeness (QED) is 0.342. The summed E-state index contributed by atoms with van der Waals surface area (Å²) in [4.78, 5) is 53.1. The van der Waals surface area contributed by atoms with E-state index in [2.05, 4.69) is 11.4 Å². The van der Waals surface area contributed by atoms with E-state index in [0.29, 0.717) is 77.7 Å². The fourth-order valence-electron chi connectivity index (χ4n) is 8.41. The Balaban J connectivity index is 0.000000259. The smallest absolute Gasteiger partial charge is 0.326 e. The van der Waals surface area contributed by atoms with Gasteiger partial charge < -0.3 is 20.2 Å². The number of benzene rings is 1. The second kappa shape index (κ2) is 20.4. The summed E-state index contributed by atoms with van der Waals surface area (Å²) in [6.45, 7) is 3.09. The van der Waals surface area contributed by atoms with E-state index in [9.17, 15) is 41.1 Å². The molecule has 1 aromatic rings. The first-order chi connectivity index (χ1) is 27.2. The van der Waals surface area contributed by atoms with Crippen LogP contribution in [-0.4, -0.2) is 150 Å². The fourth-order valence-corrected chi connectivity index (χ4v) is 12.0. The Labute approximate surface area is 349 Å². The molecular formula is C39H59N9O9S2. The lowest BCUT2D eigenvalue weighted by molar-refractivity contribution is -0.150. The number of rotatable bonds is 10. The van der Waals surface area contributed by atoms with E-state index in [4.69, 9.17) is 10.5 Å². The van der Waals surface area contributed by atoms with Gasteiger partial charge in [0, 0.05) is 72.0 Å². The predicted octanol–water partition coefficient (Wildman–Crippen LogP) is 1.45. The molecule has 4 atom stereocenters. The van der Waals surface area contributed by atoms with Crippen LogP contribution < -0.4 is 5.32 Å². The molecule has 6 aliphatic rings. The number of piperidine rings is 2. The number of carboxylic acids is 1. The van der Waals surface area contributed by atoms with Gasteiger partial charge in [0.1, 0.15) is 12.1 Å². The van der Waals surface area contributed by atoms with Crippen molar-refractivity contribution in [2.75, 3.05) is 65.4 Å². The largest absolute Gasteiger partial charge is 0.480 e. The van der Waals surface area contributed by atoms with Crippen LogP contribution in [0.15, 0.2) is 30.3 Å². The molecule has 2 N–H and O–H groups in total. The summed E-state index contributed by atoms with van der Waals surface area (Å²) in [7, 11) is -7.32. The minimum absolute atomic E-state index is 0. The molecule has 0 saturated carbocycles. The summed E-state index contributed by atoms with van der Waals surface area (Å²) in [5.74, 6) is -3.04. The van der Waals surface area contributed by atoms with E-state index in [0.717, 1.165) is 12.0 Å². The number of carboxylic acid groups (broad SMARTS) is 1. The van der Waals surface area contributed by atoms with Crippen LogP contribution in [0.3, 0.4) is 0 Å². The van der Waals surface area contributed by atoms with Crippen LogP contribution >= 0.6 is 0 Å². The number of likely N-dealkylation sites (tertiary alicyclic amines) is 2. The Morgan fingerprint density at radius 1 is 0.627 bits per heavy atom. The monoisotopic (exact) mass is 861 g/mol. The van der Waals surface area contributed by atoms with Crippen LogP contribution in [0.2, 0.25) is 0 Å². The zero-order valence-electron chi connectivity index (χ0n) is 31.9. The van der Waals surface area contributed by atoms with E-state index in [1.54, 1.807) is 4.90 Å². The van der Waals surface area contributed by atoms with Crippen LogP contribution in [-0.2, 0) is 46.1 Å². The Kier molecular flexibility index (Phi) is 16.4. The maximum absolute atomic E-state index is 13.3. The summed E-state index contributed by atoms with van der Waals surface area (Å²) in [6, 6.07) is 12.4. The van der Waals surface area contributed by atoms with Gasteiger partial charge in [-0.1, -0.05) is 45.2 Å². The molecule has 6 aliphatic heterocycles. The van der Waals surface area contributed by atoms with E-state index in [1.165, 1.54) is 22.1 Å². The van der Waals surface area contributed by atoms with Gasteiger partial charge >= 0.3 is 5.97 Å². The Hall–Kier alpha value is -4.18. The molecule has 1 aromatic carbocycles. The number of nitrogens with zero attached hydrogens (tertiary/aromatic N) is 8. The average Bonchev–Trinajstić information content (AvgIpc) is 3.88. The van der Waals surface area contributed by atoms with E-state index >= 15 is 0 Å². The molecule has 0 aliphatic carbocycles. The summed E-state index contributed by atoms with van der Waals surface area (Å²) in [5.41, 5.74) is 0.995. The third-order valence-corrected chi connectivity index (χ3v) is 15.7. The molecule has 0 spiro atoms. The molecule has 18 nitrogen and oxygen atoms in total. The molecule has 6 fully saturated rings. The second-order valence-corrected chi connectivity index (χ2v) is 19.5. The molecule has 0 unspecified atom stereocenters. The summed E-state index contributed by atoms with van der Waals surface area (Å²) >= 11 is 0. The normalized spacial score (nSPS) is 26.0. The molecule has 0 aromatic heterocycles. The van der Waals surface area contributed by atoms with Gasteiger partial charge in [0.25, 0.3) is 20.4 Å². The van der Waals surface area contributed by atoms with Crippen molar-refractivity contribution in [1.29, 1.82) is 10.5 Å². The number of amides is 3. The van der Waals surface area contributed by atoms with Crippen molar-refractivity contribution < 1.29 is 41.1 Å². The molecule has 6 heterocycles. The number of carbonyl (C=O) groups excluding carboxylic acids is 3. The van der Waals surface area contributed by atoms with Crippen molar-refractivity contribution in [1.82, 2.24) is 32.3 Å². The number of hydrogen-bond acceptors (Lipinski definition) is 10. The predicted molar refractivity (Wildman–Crippen MR) is 217 cm³/mol. The molecule has 6 saturated heterocycles. The summed E-state index contributed by atoms with van der Waals surface area (Å²) in [5, 5.41) is 29.9. The Morgan fingerprint density at radius 2 is 1.05 bits per heavy atom. The average molecular weight is 862 g/mol. The zero-order chi connectivity index (χ0) is 40.9. The van der Waals surface area contributed by atoms with Crippen molar-refractivity contribution in [3.05, 3.63) is 35.9 Å². The lowest BCUT2D eigenvalue weighted by Crippen LogP contribution is -2.57. The third kappa shape index (κ3) is 10.6. The maximum atomic E-state index is 13.3. The molecule has 59 heavy (non-hydrogen) atoms. The number of hydrogen-bond donors (Lipinski definition) is 2. The van der Waals surface area contributed by atoms with Gasteiger partial charge in [0.15, 0.2) is 0 Å². The van der Waals surface area contributed by atoms with Crippen LogP contribution in [0, 0.1) is 46.3 Å². The highest BCUT2D eigenvalue weighted by Gasteiger charge is 2.46. The lowest BCUT2D eigenvalue weighted by Gasteiger charge is -2.41. The van der Waals surface area contributed by atoms with Crippen LogP contribution in [0.1, 0.15) is 71.8 Å². The van der Waals surface area contributed by atoms with Gasteiger partial charge in [-0.3, -0.25) is 14.4 Å². The van der Waals surface area contributed by atoms with E-state index < -0.39 is 50.3 Å². The highest BCUT2D eigenvalue weighted by Crippen LogP contribution is 2.31.